The molecule has 116 valence electrons. The molecule has 4 heteroatoms. The summed E-state index contributed by atoms with van der Waals surface area (Å²) >= 11 is 0. The van der Waals surface area contributed by atoms with Crippen molar-refractivity contribution in [2.75, 3.05) is 13.2 Å². The SMILES string of the molecule is CCCCC/C=C/C/C=C\CCC(=O)OCC(O)CO. The zero-order chi connectivity index (χ0) is 15.1. The standard InChI is InChI=1S/C16H28O4/c1-2-3-4-5-6-7-8-9-10-11-12-16(19)20-14-15(18)13-17/h6-7,9-10,15,17-18H,2-5,8,11-14H2,1H3/b7-6+,10-9-. The molecule has 1 atom stereocenters. The van der Waals surface area contributed by atoms with Crippen molar-refractivity contribution in [1.82, 2.24) is 0 Å². The van der Waals surface area contributed by atoms with Gasteiger partial charge >= 0.3 is 5.97 Å². The van der Waals surface area contributed by atoms with E-state index in [0.29, 0.717) is 12.8 Å². The lowest BCUT2D eigenvalue weighted by atomic mass is 10.2. The third-order valence-corrected chi connectivity index (χ3v) is 2.74. The zero-order valence-corrected chi connectivity index (χ0v) is 12.5. The van der Waals surface area contributed by atoms with E-state index in [1.807, 2.05) is 12.2 Å². The van der Waals surface area contributed by atoms with Crippen LogP contribution < -0.4 is 0 Å². The molecule has 0 aliphatic carbocycles. The van der Waals surface area contributed by atoms with Gasteiger partial charge in [0.1, 0.15) is 12.7 Å². The first kappa shape index (κ1) is 18.9. The van der Waals surface area contributed by atoms with Gasteiger partial charge in [-0.2, -0.15) is 0 Å². The molecule has 1 unspecified atom stereocenters. The fourth-order valence-electron chi connectivity index (χ4n) is 1.53. The Kier molecular flexibility index (Phi) is 13.5. The van der Waals surface area contributed by atoms with E-state index in [2.05, 4.69) is 19.1 Å². The van der Waals surface area contributed by atoms with E-state index in [1.54, 1.807) is 0 Å². The Balaban J connectivity index is 3.44. The van der Waals surface area contributed by atoms with E-state index in [1.165, 1.54) is 19.3 Å². The molecular formula is C16H28O4. The summed E-state index contributed by atoms with van der Waals surface area (Å²) in [7, 11) is 0. The number of aliphatic hydroxyl groups excluding tert-OH is 2. The van der Waals surface area contributed by atoms with Crippen LogP contribution in [0.3, 0.4) is 0 Å². The molecule has 20 heavy (non-hydrogen) atoms. The highest BCUT2D eigenvalue weighted by molar-refractivity contribution is 5.69. The van der Waals surface area contributed by atoms with Gasteiger partial charge in [0.15, 0.2) is 0 Å². The molecule has 0 spiro atoms. The average molecular weight is 284 g/mol. The summed E-state index contributed by atoms with van der Waals surface area (Å²) in [5.41, 5.74) is 0. The molecule has 0 fully saturated rings. The lowest BCUT2D eigenvalue weighted by Gasteiger charge is -2.07. The van der Waals surface area contributed by atoms with Crippen molar-refractivity contribution in [2.45, 2.75) is 58.0 Å². The third-order valence-electron chi connectivity index (χ3n) is 2.74. The third kappa shape index (κ3) is 13.3. The van der Waals surface area contributed by atoms with Crippen LogP contribution in [0.25, 0.3) is 0 Å². The van der Waals surface area contributed by atoms with Crippen molar-refractivity contribution in [3.63, 3.8) is 0 Å². The number of hydrogen-bond donors (Lipinski definition) is 2. The molecule has 0 rings (SSSR count). The molecule has 0 aliphatic rings. The molecule has 0 amide bonds. The van der Waals surface area contributed by atoms with Crippen LogP contribution in [0.2, 0.25) is 0 Å². The van der Waals surface area contributed by atoms with E-state index in [0.717, 1.165) is 12.8 Å². The molecule has 0 radical (unpaired) electrons. The Morgan fingerprint density at radius 2 is 1.85 bits per heavy atom. The Morgan fingerprint density at radius 1 is 1.15 bits per heavy atom. The van der Waals surface area contributed by atoms with Crippen LogP contribution in [-0.2, 0) is 9.53 Å². The summed E-state index contributed by atoms with van der Waals surface area (Å²) in [6.45, 7) is 1.67. The number of allylic oxidation sites excluding steroid dienone is 4. The first-order valence-electron chi connectivity index (χ1n) is 7.45. The number of unbranched alkanes of at least 4 members (excludes halogenated alkanes) is 3. The van der Waals surface area contributed by atoms with Gasteiger partial charge in [0.25, 0.3) is 0 Å². The van der Waals surface area contributed by atoms with Crippen LogP contribution in [0.4, 0.5) is 0 Å². The molecule has 0 heterocycles. The van der Waals surface area contributed by atoms with E-state index in [4.69, 9.17) is 14.9 Å². The minimum Gasteiger partial charge on any atom is -0.463 e. The van der Waals surface area contributed by atoms with Gasteiger partial charge in [0.2, 0.25) is 0 Å². The van der Waals surface area contributed by atoms with Crippen molar-refractivity contribution in [1.29, 1.82) is 0 Å². The second-order valence-corrected chi connectivity index (χ2v) is 4.73. The maximum absolute atomic E-state index is 11.2. The van der Waals surface area contributed by atoms with Gasteiger partial charge in [-0.25, -0.2) is 0 Å². The molecule has 0 saturated heterocycles. The van der Waals surface area contributed by atoms with E-state index < -0.39 is 12.7 Å². The highest BCUT2D eigenvalue weighted by Crippen LogP contribution is 2.01. The monoisotopic (exact) mass is 284 g/mol. The van der Waals surface area contributed by atoms with E-state index in [-0.39, 0.29) is 12.6 Å². The van der Waals surface area contributed by atoms with Crippen molar-refractivity contribution >= 4 is 5.97 Å². The number of carbonyl (C=O) groups excluding carboxylic acids is 1. The summed E-state index contributed by atoms with van der Waals surface area (Å²) in [5.74, 6) is -0.350. The summed E-state index contributed by atoms with van der Waals surface area (Å²) in [4.78, 5) is 11.2. The number of carbonyl (C=O) groups is 1. The minimum absolute atomic E-state index is 0.139. The molecule has 4 nitrogen and oxygen atoms in total. The second kappa shape index (κ2) is 14.3. The summed E-state index contributed by atoms with van der Waals surface area (Å²) in [5, 5.41) is 17.6. The highest BCUT2D eigenvalue weighted by atomic mass is 16.5. The lowest BCUT2D eigenvalue weighted by Crippen LogP contribution is -2.21. The summed E-state index contributed by atoms with van der Waals surface area (Å²) in [6, 6.07) is 0. The van der Waals surface area contributed by atoms with Gasteiger partial charge in [0.05, 0.1) is 6.61 Å². The predicted octanol–water partition coefficient (Wildman–Crippen LogP) is 2.75. The fraction of sp³-hybridized carbons (Fsp3) is 0.688. The molecule has 0 aromatic carbocycles. The Bertz CT molecular complexity index is 284. The van der Waals surface area contributed by atoms with E-state index in [9.17, 15) is 4.79 Å². The molecule has 0 aliphatic heterocycles. The highest BCUT2D eigenvalue weighted by Gasteiger charge is 2.06. The van der Waals surface area contributed by atoms with Crippen molar-refractivity contribution in [3.05, 3.63) is 24.3 Å². The van der Waals surface area contributed by atoms with Crippen LogP contribution in [0.5, 0.6) is 0 Å². The smallest absolute Gasteiger partial charge is 0.306 e. The summed E-state index contributed by atoms with van der Waals surface area (Å²) < 4.78 is 4.78. The fourth-order valence-corrected chi connectivity index (χ4v) is 1.53. The van der Waals surface area contributed by atoms with Crippen LogP contribution in [0.15, 0.2) is 24.3 Å². The van der Waals surface area contributed by atoms with Crippen molar-refractivity contribution < 1.29 is 19.7 Å². The quantitative estimate of drug-likeness (QED) is 0.328. The number of ether oxygens (including phenoxy) is 1. The van der Waals surface area contributed by atoms with Gasteiger partial charge in [-0.05, 0) is 25.7 Å². The molecule has 0 aromatic rings. The largest absolute Gasteiger partial charge is 0.463 e. The van der Waals surface area contributed by atoms with E-state index >= 15 is 0 Å². The topological polar surface area (TPSA) is 66.8 Å². The first-order valence-corrected chi connectivity index (χ1v) is 7.45. The van der Waals surface area contributed by atoms with Crippen molar-refractivity contribution in [2.24, 2.45) is 0 Å². The van der Waals surface area contributed by atoms with Gasteiger partial charge in [-0.1, -0.05) is 44.1 Å². The second-order valence-electron chi connectivity index (χ2n) is 4.73. The first-order chi connectivity index (χ1) is 9.70. The van der Waals surface area contributed by atoms with Crippen LogP contribution >= 0.6 is 0 Å². The predicted molar refractivity (Wildman–Crippen MR) is 80.3 cm³/mol. The molecule has 0 saturated carbocycles. The number of aliphatic hydroxyl groups is 2. The Hall–Kier alpha value is -1.13. The van der Waals surface area contributed by atoms with Gasteiger partial charge in [0, 0.05) is 6.42 Å². The molecule has 2 N–H and O–H groups in total. The Labute approximate surface area is 122 Å². The zero-order valence-electron chi connectivity index (χ0n) is 12.5. The van der Waals surface area contributed by atoms with Gasteiger partial charge < -0.3 is 14.9 Å². The summed E-state index contributed by atoms with van der Waals surface area (Å²) in [6.07, 6.45) is 14.1. The maximum Gasteiger partial charge on any atom is 0.306 e. The van der Waals surface area contributed by atoms with Crippen molar-refractivity contribution in [3.8, 4) is 0 Å². The number of rotatable bonds is 12. The number of esters is 1. The number of hydrogen-bond acceptors (Lipinski definition) is 4. The van der Waals surface area contributed by atoms with Crippen LogP contribution in [0.1, 0.15) is 51.9 Å². The maximum atomic E-state index is 11.2. The Morgan fingerprint density at radius 3 is 2.50 bits per heavy atom. The average Bonchev–Trinajstić information content (AvgIpc) is 2.46. The van der Waals surface area contributed by atoms with Gasteiger partial charge in [-0.15, -0.1) is 0 Å². The van der Waals surface area contributed by atoms with Crippen LogP contribution in [0, 0.1) is 0 Å². The minimum atomic E-state index is -0.979. The lowest BCUT2D eigenvalue weighted by molar-refractivity contribution is -0.147. The normalized spacial score (nSPS) is 13.2. The molecule has 0 bridgehead atoms. The molecular weight excluding hydrogens is 256 g/mol. The molecule has 0 aromatic heterocycles. The van der Waals surface area contributed by atoms with Gasteiger partial charge in [-0.3, -0.25) is 4.79 Å². The van der Waals surface area contributed by atoms with Crippen LogP contribution in [-0.4, -0.2) is 35.5 Å².